The SMILES string of the molecule is N#C/C(=C\c1ccc(-c2ccc(Cl)c(Cl)c2)o1)C(=O)N[C@H]1CCS(=O)(=O)C1. The first-order valence-corrected chi connectivity index (χ1v) is 10.5. The summed E-state index contributed by atoms with van der Waals surface area (Å²) < 4.78 is 28.6. The number of benzene rings is 1. The Balaban J connectivity index is 1.76. The van der Waals surface area contributed by atoms with E-state index in [-0.39, 0.29) is 17.1 Å². The van der Waals surface area contributed by atoms with Crippen LogP contribution in [0.25, 0.3) is 17.4 Å². The standard InChI is InChI=1S/C18H14Cl2N2O4S/c19-15-3-1-11(8-16(15)20)17-4-2-14(26-17)7-12(9-21)18(23)22-13-5-6-27(24,25)10-13/h1-4,7-8,13H,5-6,10H2,(H,22,23)/b12-7+/t13-/m0/s1. The van der Waals surface area contributed by atoms with Gasteiger partial charge in [-0.25, -0.2) is 8.42 Å². The van der Waals surface area contributed by atoms with E-state index in [9.17, 15) is 18.5 Å². The zero-order valence-electron chi connectivity index (χ0n) is 13.9. The summed E-state index contributed by atoms with van der Waals surface area (Å²) in [5.41, 5.74) is 0.525. The summed E-state index contributed by atoms with van der Waals surface area (Å²) in [5.74, 6) is 0.0994. The predicted octanol–water partition coefficient (Wildman–Crippen LogP) is 3.46. The van der Waals surface area contributed by atoms with Gasteiger partial charge in [0.1, 0.15) is 23.2 Å². The predicted molar refractivity (Wildman–Crippen MR) is 103 cm³/mol. The molecule has 1 saturated heterocycles. The molecule has 0 unspecified atom stereocenters. The van der Waals surface area contributed by atoms with Crippen LogP contribution in [0.2, 0.25) is 10.0 Å². The molecule has 1 amide bonds. The zero-order chi connectivity index (χ0) is 19.6. The Morgan fingerprint density at radius 2 is 2.04 bits per heavy atom. The lowest BCUT2D eigenvalue weighted by atomic mass is 10.2. The first kappa shape index (κ1) is 19.5. The van der Waals surface area contributed by atoms with Crippen molar-refractivity contribution in [3.05, 3.63) is 51.7 Å². The van der Waals surface area contributed by atoms with E-state index in [4.69, 9.17) is 27.6 Å². The normalized spacial score (nSPS) is 18.9. The minimum atomic E-state index is -3.12. The fraction of sp³-hybridized carbons (Fsp3) is 0.222. The number of nitrogens with one attached hydrogen (secondary N) is 1. The van der Waals surface area contributed by atoms with E-state index >= 15 is 0 Å². The number of hydrogen-bond acceptors (Lipinski definition) is 5. The number of amides is 1. The molecule has 1 aromatic heterocycles. The van der Waals surface area contributed by atoms with E-state index in [2.05, 4.69) is 5.32 Å². The van der Waals surface area contributed by atoms with Crippen molar-refractivity contribution in [3.63, 3.8) is 0 Å². The number of carbonyl (C=O) groups is 1. The molecule has 0 bridgehead atoms. The Labute approximate surface area is 166 Å². The van der Waals surface area contributed by atoms with Gasteiger partial charge < -0.3 is 9.73 Å². The summed E-state index contributed by atoms with van der Waals surface area (Å²) in [6.45, 7) is 0. The maximum atomic E-state index is 12.2. The summed E-state index contributed by atoms with van der Waals surface area (Å²) in [6, 6.07) is 9.65. The zero-order valence-corrected chi connectivity index (χ0v) is 16.2. The van der Waals surface area contributed by atoms with Crippen LogP contribution in [0.15, 0.2) is 40.3 Å². The molecule has 0 spiro atoms. The number of nitrogens with zero attached hydrogens (tertiary/aromatic N) is 1. The average Bonchev–Trinajstić information content (AvgIpc) is 3.21. The second-order valence-electron chi connectivity index (χ2n) is 6.07. The maximum Gasteiger partial charge on any atom is 0.262 e. The Kier molecular flexibility index (Phi) is 5.61. The first-order chi connectivity index (χ1) is 12.8. The number of carbonyl (C=O) groups excluding carboxylic acids is 1. The molecule has 1 aliphatic heterocycles. The van der Waals surface area contributed by atoms with Gasteiger partial charge in [0.2, 0.25) is 0 Å². The third-order valence-electron chi connectivity index (χ3n) is 4.05. The molecule has 1 N–H and O–H groups in total. The summed E-state index contributed by atoms with van der Waals surface area (Å²) in [5, 5.41) is 12.6. The van der Waals surface area contributed by atoms with Crippen molar-refractivity contribution >= 4 is 45.0 Å². The average molecular weight is 425 g/mol. The van der Waals surface area contributed by atoms with E-state index in [0.717, 1.165) is 0 Å². The molecule has 0 radical (unpaired) electrons. The number of nitriles is 1. The molecule has 2 aromatic rings. The van der Waals surface area contributed by atoms with Crippen LogP contribution in [0.1, 0.15) is 12.2 Å². The van der Waals surface area contributed by atoms with Crippen molar-refractivity contribution in [2.75, 3.05) is 11.5 Å². The fourth-order valence-electron chi connectivity index (χ4n) is 2.70. The third-order valence-corrected chi connectivity index (χ3v) is 6.56. The molecule has 6 nitrogen and oxygen atoms in total. The number of hydrogen-bond donors (Lipinski definition) is 1. The van der Waals surface area contributed by atoms with Crippen LogP contribution >= 0.6 is 23.2 Å². The minimum absolute atomic E-state index is 0.0365. The van der Waals surface area contributed by atoms with Gasteiger partial charge in [-0.15, -0.1) is 0 Å². The number of halogens is 2. The number of rotatable bonds is 4. The topological polar surface area (TPSA) is 100 Å². The van der Waals surface area contributed by atoms with Crippen LogP contribution in [0.4, 0.5) is 0 Å². The van der Waals surface area contributed by atoms with Gasteiger partial charge in [0.25, 0.3) is 5.91 Å². The lowest BCUT2D eigenvalue weighted by Gasteiger charge is -2.09. The molecule has 1 aliphatic rings. The summed E-state index contributed by atoms with van der Waals surface area (Å²) in [6.07, 6.45) is 1.65. The van der Waals surface area contributed by atoms with Crippen LogP contribution in [0, 0.1) is 11.3 Å². The summed E-state index contributed by atoms with van der Waals surface area (Å²) in [4.78, 5) is 12.2. The number of furan rings is 1. The Morgan fingerprint density at radius 1 is 1.26 bits per heavy atom. The Hall–Kier alpha value is -2.27. The van der Waals surface area contributed by atoms with Crippen LogP contribution in [0.5, 0.6) is 0 Å². The highest BCUT2D eigenvalue weighted by Crippen LogP contribution is 2.30. The monoisotopic (exact) mass is 424 g/mol. The van der Waals surface area contributed by atoms with Crippen molar-refractivity contribution in [2.45, 2.75) is 12.5 Å². The molecule has 27 heavy (non-hydrogen) atoms. The van der Waals surface area contributed by atoms with Gasteiger partial charge in [0.15, 0.2) is 9.84 Å². The number of sulfone groups is 1. The van der Waals surface area contributed by atoms with Crippen LogP contribution in [-0.2, 0) is 14.6 Å². The van der Waals surface area contributed by atoms with Crippen molar-refractivity contribution in [2.24, 2.45) is 0 Å². The quantitative estimate of drug-likeness (QED) is 0.597. The van der Waals surface area contributed by atoms with Crippen molar-refractivity contribution in [1.29, 1.82) is 5.26 Å². The van der Waals surface area contributed by atoms with E-state index in [1.807, 2.05) is 6.07 Å². The van der Waals surface area contributed by atoms with Gasteiger partial charge in [-0.1, -0.05) is 23.2 Å². The van der Waals surface area contributed by atoms with Crippen molar-refractivity contribution in [3.8, 4) is 17.4 Å². The fourth-order valence-corrected chi connectivity index (χ4v) is 4.67. The van der Waals surface area contributed by atoms with Crippen molar-refractivity contribution < 1.29 is 17.6 Å². The lowest BCUT2D eigenvalue weighted by molar-refractivity contribution is -0.117. The molecule has 0 saturated carbocycles. The summed E-state index contributed by atoms with van der Waals surface area (Å²) >= 11 is 11.9. The van der Waals surface area contributed by atoms with Gasteiger partial charge in [0, 0.05) is 17.7 Å². The molecule has 1 atom stereocenters. The molecule has 2 heterocycles. The first-order valence-electron chi connectivity index (χ1n) is 7.96. The molecule has 1 fully saturated rings. The maximum absolute atomic E-state index is 12.2. The molecule has 140 valence electrons. The molecule has 0 aliphatic carbocycles. The van der Waals surface area contributed by atoms with E-state index in [1.165, 1.54) is 6.08 Å². The van der Waals surface area contributed by atoms with Gasteiger partial charge in [-0.05, 0) is 36.8 Å². The van der Waals surface area contributed by atoms with E-state index in [0.29, 0.717) is 33.6 Å². The van der Waals surface area contributed by atoms with Crippen LogP contribution < -0.4 is 5.32 Å². The molecular weight excluding hydrogens is 411 g/mol. The van der Waals surface area contributed by atoms with Crippen LogP contribution in [-0.4, -0.2) is 31.9 Å². The highest BCUT2D eigenvalue weighted by Gasteiger charge is 2.29. The van der Waals surface area contributed by atoms with E-state index < -0.39 is 21.8 Å². The Bertz CT molecular complexity index is 1070. The highest BCUT2D eigenvalue weighted by atomic mass is 35.5. The molecule has 1 aromatic carbocycles. The second-order valence-corrected chi connectivity index (χ2v) is 9.12. The van der Waals surface area contributed by atoms with E-state index in [1.54, 1.807) is 30.3 Å². The molecule has 9 heteroatoms. The third kappa shape index (κ3) is 4.72. The van der Waals surface area contributed by atoms with Crippen molar-refractivity contribution in [1.82, 2.24) is 5.32 Å². The highest BCUT2D eigenvalue weighted by molar-refractivity contribution is 7.91. The smallest absolute Gasteiger partial charge is 0.262 e. The Morgan fingerprint density at radius 3 is 2.67 bits per heavy atom. The second kappa shape index (κ2) is 7.77. The summed E-state index contributed by atoms with van der Waals surface area (Å²) in [7, 11) is -3.12. The molecular formula is C18H14Cl2N2O4S. The van der Waals surface area contributed by atoms with Gasteiger partial charge >= 0.3 is 0 Å². The van der Waals surface area contributed by atoms with Gasteiger partial charge in [-0.2, -0.15) is 5.26 Å². The van der Waals surface area contributed by atoms with Crippen LogP contribution in [0.3, 0.4) is 0 Å². The molecule has 3 rings (SSSR count). The van der Waals surface area contributed by atoms with Gasteiger partial charge in [-0.3, -0.25) is 4.79 Å². The minimum Gasteiger partial charge on any atom is -0.457 e. The lowest BCUT2D eigenvalue weighted by Crippen LogP contribution is -2.36. The van der Waals surface area contributed by atoms with Gasteiger partial charge in [0.05, 0.1) is 21.6 Å². The largest absolute Gasteiger partial charge is 0.457 e.